The first-order valence-corrected chi connectivity index (χ1v) is 10.6. The molecule has 0 radical (unpaired) electrons. The van der Waals surface area contributed by atoms with Gasteiger partial charge in [0.2, 0.25) is 11.8 Å². The van der Waals surface area contributed by atoms with Gasteiger partial charge in [0, 0.05) is 34.7 Å². The van der Waals surface area contributed by atoms with Crippen molar-refractivity contribution in [3.05, 3.63) is 83.9 Å². The number of nitrogens with zero attached hydrogens (tertiary/aromatic N) is 2. The number of carbonyl (C=O) groups excluding carboxylic acids is 2. The molecule has 0 aliphatic rings. The minimum atomic E-state index is -0.456. The molecular formula is C26H22N4O4. The van der Waals surface area contributed by atoms with Crippen LogP contribution in [0.1, 0.15) is 24.0 Å². The molecule has 0 aliphatic heterocycles. The zero-order valence-corrected chi connectivity index (χ0v) is 18.1. The Morgan fingerprint density at radius 1 is 0.647 bits per heavy atom. The molecule has 0 bridgehead atoms. The number of carbonyl (C=O) groups is 2. The quantitative estimate of drug-likeness (QED) is 0.251. The first-order chi connectivity index (χ1) is 16.5. The Labute approximate surface area is 195 Å². The zero-order valence-electron chi connectivity index (χ0n) is 18.1. The first kappa shape index (κ1) is 22.5. The van der Waals surface area contributed by atoms with Crippen molar-refractivity contribution >= 4 is 45.8 Å². The van der Waals surface area contributed by atoms with Crippen LogP contribution >= 0.6 is 0 Å². The molecule has 4 N–H and O–H groups in total. The van der Waals surface area contributed by atoms with Crippen LogP contribution < -0.4 is 10.9 Å². The fourth-order valence-corrected chi connectivity index (χ4v) is 3.44. The van der Waals surface area contributed by atoms with Gasteiger partial charge in [-0.1, -0.05) is 60.7 Å². The molecule has 170 valence electrons. The number of aromatic hydroxyl groups is 2. The van der Waals surface area contributed by atoms with Crippen LogP contribution in [0.3, 0.4) is 0 Å². The highest BCUT2D eigenvalue weighted by atomic mass is 16.3. The topological polar surface area (TPSA) is 123 Å². The average Bonchev–Trinajstić information content (AvgIpc) is 2.86. The fourth-order valence-electron chi connectivity index (χ4n) is 3.44. The Kier molecular flexibility index (Phi) is 6.78. The van der Waals surface area contributed by atoms with E-state index in [4.69, 9.17) is 0 Å². The maximum atomic E-state index is 12.0. The van der Waals surface area contributed by atoms with Crippen LogP contribution in [0.25, 0.3) is 21.5 Å². The molecule has 0 spiro atoms. The van der Waals surface area contributed by atoms with Crippen LogP contribution in [0.5, 0.6) is 11.5 Å². The molecule has 0 aliphatic carbocycles. The van der Waals surface area contributed by atoms with Crippen molar-refractivity contribution in [1.29, 1.82) is 0 Å². The van der Waals surface area contributed by atoms with Gasteiger partial charge >= 0.3 is 0 Å². The second kappa shape index (κ2) is 10.3. The van der Waals surface area contributed by atoms with Crippen LogP contribution in [-0.4, -0.2) is 34.5 Å². The summed E-state index contributed by atoms with van der Waals surface area (Å²) in [6, 6.07) is 21.9. The number of fused-ring (bicyclic) bond motifs is 2. The summed E-state index contributed by atoms with van der Waals surface area (Å²) >= 11 is 0. The maximum absolute atomic E-state index is 12.0. The maximum Gasteiger partial charge on any atom is 0.240 e. The van der Waals surface area contributed by atoms with Crippen molar-refractivity contribution in [3.63, 3.8) is 0 Å². The summed E-state index contributed by atoms with van der Waals surface area (Å²) in [4.78, 5) is 23.9. The zero-order chi connectivity index (χ0) is 23.9. The summed E-state index contributed by atoms with van der Waals surface area (Å²) < 4.78 is 0. The van der Waals surface area contributed by atoms with E-state index < -0.39 is 11.8 Å². The van der Waals surface area contributed by atoms with Gasteiger partial charge in [-0.2, -0.15) is 10.2 Å². The monoisotopic (exact) mass is 454 g/mol. The van der Waals surface area contributed by atoms with Crippen LogP contribution in [0.15, 0.2) is 83.0 Å². The van der Waals surface area contributed by atoms with Gasteiger partial charge in [0.1, 0.15) is 11.5 Å². The van der Waals surface area contributed by atoms with E-state index in [-0.39, 0.29) is 24.3 Å². The van der Waals surface area contributed by atoms with E-state index in [9.17, 15) is 19.8 Å². The van der Waals surface area contributed by atoms with Gasteiger partial charge in [0.15, 0.2) is 0 Å². The molecule has 0 atom stereocenters. The standard InChI is InChI=1S/C26H22N4O4/c31-23(29-27-15-19-11-9-17-5-1-3-7-21(17)25(19)33)13-14-24(32)30-28-16-20-12-10-18-6-2-4-8-22(18)26(20)34/h1-12,15-16,33-34H,13-14H2,(H,29,31)(H,30,32)/b27-15+,28-16+. The fraction of sp³-hybridized carbons (Fsp3) is 0.0769. The molecule has 0 saturated carbocycles. The second-order valence-electron chi connectivity index (χ2n) is 7.54. The van der Waals surface area contributed by atoms with Gasteiger partial charge in [0.25, 0.3) is 0 Å². The SMILES string of the molecule is O=C(CCC(=O)N/N=C/c1ccc2ccccc2c1O)N/N=C/c1ccc2ccccc2c1O. The lowest BCUT2D eigenvalue weighted by molar-refractivity contribution is -0.126. The van der Waals surface area contributed by atoms with Gasteiger partial charge in [-0.15, -0.1) is 0 Å². The molecule has 4 aromatic carbocycles. The number of hydrogen-bond acceptors (Lipinski definition) is 6. The summed E-state index contributed by atoms with van der Waals surface area (Å²) in [5.74, 6) is -0.762. The Morgan fingerprint density at radius 3 is 1.50 bits per heavy atom. The highest BCUT2D eigenvalue weighted by Crippen LogP contribution is 2.28. The van der Waals surface area contributed by atoms with Crippen LogP contribution in [-0.2, 0) is 9.59 Å². The lowest BCUT2D eigenvalue weighted by atomic mass is 10.1. The molecule has 0 unspecified atom stereocenters. The summed E-state index contributed by atoms with van der Waals surface area (Å²) in [5.41, 5.74) is 5.59. The third kappa shape index (κ3) is 5.18. The highest BCUT2D eigenvalue weighted by molar-refractivity contribution is 5.98. The molecule has 4 rings (SSSR count). The van der Waals surface area contributed by atoms with E-state index in [1.54, 1.807) is 24.3 Å². The summed E-state index contributed by atoms with van der Waals surface area (Å²) in [6.45, 7) is 0. The van der Waals surface area contributed by atoms with Crippen LogP contribution in [0.4, 0.5) is 0 Å². The Morgan fingerprint density at radius 2 is 1.06 bits per heavy atom. The number of phenols is 2. The molecule has 4 aromatic rings. The van der Waals surface area contributed by atoms with E-state index in [0.717, 1.165) is 10.8 Å². The summed E-state index contributed by atoms with van der Waals surface area (Å²) in [6.07, 6.45) is 2.51. The number of hydrogen-bond donors (Lipinski definition) is 4. The van der Waals surface area contributed by atoms with Crippen LogP contribution in [0, 0.1) is 0 Å². The van der Waals surface area contributed by atoms with Gasteiger partial charge in [0.05, 0.1) is 12.4 Å². The van der Waals surface area contributed by atoms with E-state index >= 15 is 0 Å². The Balaban J connectivity index is 1.25. The van der Waals surface area contributed by atoms with Crippen molar-refractivity contribution in [2.45, 2.75) is 12.8 Å². The molecule has 0 fully saturated rings. The number of amides is 2. The van der Waals surface area contributed by atoms with E-state index in [1.165, 1.54) is 12.4 Å². The molecule has 0 aromatic heterocycles. The molecule has 2 amide bonds. The molecule has 0 heterocycles. The van der Waals surface area contributed by atoms with Crippen molar-refractivity contribution < 1.29 is 19.8 Å². The Hall–Kier alpha value is -4.72. The van der Waals surface area contributed by atoms with Gasteiger partial charge in [-0.05, 0) is 22.9 Å². The second-order valence-corrected chi connectivity index (χ2v) is 7.54. The third-order valence-electron chi connectivity index (χ3n) is 5.23. The smallest absolute Gasteiger partial charge is 0.240 e. The number of nitrogens with one attached hydrogen (secondary N) is 2. The number of phenolic OH excluding ortho intramolecular Hbond substituents is 2. The molecule has 8 heteroatoms. The van der Waals surface area contributed by atoms with Crippen molar-refractivity contribution in [2.75, 3.05) is 0 Å². The number of rotatable bonds is 7. The Bertz CT molecular complexity index is 1320. The summed E-state index contributed by atoms with van der Waals surface area (Å²) in [5, 5.41) is 31.5. The number of benzene rings is 4. The lowest BCUT2D eigenvalue weighted by Crippen LogP contribution is -2.22. The van der Waals surface area contributed by atoms with Gasteiger partial charge < -0.3 is 10.2 Å². The molecule has 0 saturated heterocycles. The van der Waals surface area contributed by atoms with Gasteiger partial charge in [-0.25, -0.2) is 10.9 Å². The van der Waals surface area contributed by atoms with E-state index in [1.807, 2.05) is 48.5 Å². The minimum Gasteiger partial charge on any atom is -0.507 e. The lowest BCUT2D eigenvalue weighted by Gasteiger charge is -2.04. The average molecular weight is 454 g/mol. The number of hydrazone groups is 2. The minimum absolute atomic E-state index is 0.0748. The first-order valence-electron chi connectivity index (χ1n) is 10.6. The predicted molar refractivity (Wildman–Crippen MR) is 132 cm³/mol. The normalized spacial score (nSPS) is 11.4. The van der Waals surface area contributed by atoms with Gasteiger partial charge in [-0.3, -0.25) is 9.59 Å². The van der Waals surface area contributed by atoms with Crippen LogP contribution in [0.2, 0.25) is 0 Å². The van der Waals surface area contributed by atoms with E-state index in [2.05, 4.69) is 21.1 Å². The molecular weight excluding hydrogens is 432 g/mol. The highest BCUT2D eigenvalue weighted by Gasteiger charge is 2.08. The largest absolute Gasteiger partial charge is 0.507 e. The van der Waals surface area contributed by atoms with Crippen molar-refractivity contribution in [3.8, 4) is 11.5 Å². The van der Waals surface area contributed by atoms with Crippen molar-refractivity contribution in [2.24, 2.45) is 10.2 Å². The summed E-state index contributed by atoms with van der Waals surface area (Å²) in [7, 11) is 0. The predicted octanol–water partition coefficient (Wildman–Crippen LogP) is 3.78. The molecule has 8 nitrogen and oxygen atoms in total. The van der Waals surface area contributed by atoms with E-state index in [0.29, 0.717) is 21.9 Å². The third-order valence-corrected chi connectivity index (χ3v) is 5.23. The van der Waals surface area contributed by atoms with Crippen molar-refractivity contribution in [1.82, 2.24) is 10.9 Å². The molecule has 34 heavy (non-hydrogen) atoms.